The molecule has 0 aliphatic carbocycles. The monoisotopic (exact) mass is 465 g/mol. The zero-order valence-electron chi connectivity index (χ0n) is 18.2. The van der Waals surface area contributed by atoms with Gasteiger partial charge in [-0.15, -0.1) is 0 Å². The van der Waals surface area contributed by atoms with Gasteiger partial charge >= 0.3 is 0 Å². The number of anilines is 1. The van der Waals surface area contributed by atoms with Crippen LogP contribution in [0.3, 0.4) is 0 Å². The van der Waals surface area contributed by atoms with Crippen LogP contribution < -0.4 is 19.7 Å². The zero-order chi connectivity index (χ0) is 23.1. The summed E-state index contributed by atoms with van der Waals surface area (Å²) in [5, 5.41) is 2.74. The van der Waals surface area contributed by atoms with Crippen molar-refractivity contribution in [3.05, 3.63) is 53.8 Å². The van der Waals surface area contributed by atoms with Crippen LogP contribution in [-0.4, -0.2) is 71.3 Å². The zero-order valence-corrected chi connectivity index (χ0v) is 19.0. The second-order valence-corrected chi connectivity index (χ2v) is 9.45. The van der Waals surface area contributed by atoms with Gasteiger partial charge in [0.05, 0.1) is 20.0 Å². The van der Waals surface area contributed by atoms with Gasteiger partial charge < -0.3 is 19.7 Å². The van der Waals surface area contributed by atoms with Crippen molar-refractivity contribution in [2.24, 2.45) is 0 Å². The predicted octanol–water partition coefficient (Wildman–Crippen LogP) is 2.11. The van der Waals surface area contributed by atoms with E-state index >= 15 is 0 Å². The van der Waals surface area contributed by atoms with Gasteiger partial charge in [-0.3, -0.25) is 4.79 Å². The van der Waals surface area contributed by atoms with Crippen molar-refractivity contribution in [2.75, 3.05) is 57.6 Å². The molecule has 0 saturated carbocycles. The summed E-state index contributed by atoms with van der Waals surface area (Å²) in [6.07, 6.45) is 0.305. The molecule has 1 fully saturated rings. The SMILES string of the molecule is COc1ccc(C(=O)NCCCS(=O)(=O)N2CCN(c3ccc(F)cc3)CC2)cc1OC. The summed E-state index contributed by atoms with van der Waals surface area (Å²) in [6.45, 7) is 2.07. The molecule has 1 aliphatic heterocycles. The molecule has 0 aromatic heterocycles. The first kappa shape index (κ1) is 23.8. The number of nitrogens with one attached hydrogen (secondary N) is 1. The number of benzene rings is 2. The van der Waals surface area contributed by atoms with Gasteiger partial charge in [-0.25, -0.2) is 12.8 Å². The summed E-state index contributed by atoms with van der Waals surface area (Å²) in [5.41, 5.74) is 1.28. The van der Waals surface area contributed by atoms with E-state index in [2.05, 4.69) is 5.32 Å². The van der Waals surface area contributed by atoms with Gasteiger partial charge in [0.15, 0.2) is 11.5 Å². The molecule has 174 valence electrons. The van der Waals surface area contributed by atoms with E-state index in [0.717, 1.165) is 5.69 Å². The summed E-state index contributed by atoms with van der Waals surface area (Å²) >= 11 is 0. The second-order valence-electron chi connectivity index (χ2n) is 7.36. The Morgan fingerprint density at radius 1 is 1.00 bits per heavy atom. The molecule has 0 radical (unpaired) electrons. The molecule has 0 bridgehead atoms. The Labute approximate surface area is 188 Å². The highest BCUT2D eigenvalue weighted by atomic mass is 32.2. The Hall–Kier alpha value is -2.85. The van der Waals surface area contributed by atoms with E-state index in [0.29, 0.717) is 49.7 Å². The van der Waals surface area contributed by atoms with Crippen molar-refractivity contribution in [2.45, 2.75) is 6.42 Å². The van der Waals surface area contributed by atoms with Crippen LogP contribution >= 0.6 is 0 Å². The molecule has 0 spiro atoms. The molecule has 3 rings (SSSR count). The number of carbonyl (C=O) groups excluding carboxylic acids is 1. The number of ether oxygens (including phenoxy) is 2. The van der Waals surface area contributed by atoms with Crippen molar-refractivity contribution in [1.29, 1.82) is 0 Å². The second kappa shape index (κ2) is 10.6. The quantitative estimate of drug-likeness (QED) is 0.571. The number of rotatable bonds is 9. The van der Waals surface area contributed by atoms with Crippen LogP contribution in [0.5, 0.6) is 11.5 Å². The minimum Gasteiger partial charge on any atom is -0.493 e. The number of piperazine rings is 1. The number of methoxy groups -OCH3 is 2. The van der Waals surface area contributed by atoms with Crippen LogP contribution in [-0.2, 0) is 10.0 Å². The standard InChI is InChI=1S/C22H28FN3O5S/c1-30-20-9-4-17(16-21(20)31-2)22(27)24-10-3-15-32(28,29)26-13-11-25(12-14-26)19-7-5-18(23)6-8-19/h4-9,16H,3,10-15H2,1-2H3,(H,24,27). The molecule has 1 saturated heterocycles. The summed E-state index contributed by atoms with van der Waals surface area (Å²) in [5.74, 6) is 0.317. The fourth-order valence-electron chi connectivity index (χ4n) is 3.54. The Kier molecular flexibility index (Phi) is 7.92. The fourth-order valence-corrected chi connectivity index (χ4v) is 5.03. The van der Waals surface area contributed by atoms with Crippen LogP contribution in [0.2, 0.25) is 0 Å². The molecular formula is C22H28FN3O5S. The highest BCUT2D eigenvalue weighted by molar-refractivity contribution is 7.89. The molecule has 2 aromatic carbocycles. The van der Waals surface area contributed by atoms with Gasteiger partial charge in [0, 0.05) is 44.0 Å². The lowest BCUT2D eigenvalue weighted by Crippen LogP contribution is -2.49. The molecule has 10 heteroatoms. The maximum absolute atomic E-state index is 13.1. The largest absolute Gasteiger partial charge is 0.493 e. The first-order valence-corrected chi connectivity index (χ1v) is 11.9. The van der Waals surface area contributed by atoms with Crippen LogP contribution in [0, 0.1) is 5.82 Å². The fraction of sp³-hybridized carbons (Fsp3) is 0.409. The molecule has 8 nitrogen and oxygen atoms in total. The highest BCUT2D eigenvalue weighted by Crippen LogP contribution is 2.27. The summed E-state index contributed by atoms with van der Waals surface area (Å²) in [4.78, 5) is 14.4. The average molecular weight is 466 g/mol. The van der Waals surface area contributed by atoms with Crippen molar-refractivity contribution in [3.63, 3.8) is 0 Å². The lowest BCUT2D eigenvalue weighted by atomic mass is 10.2. The molecule has 1 heterocycles. The molecule has 1 N–H and O–H groups in total. The number of nitrogens with zero attached hydrogens (tertiary/aromatic N) is 2. The number of hydrogen-bond donors (Lipinski definition) is 1. The summed E-state index contributed by atoms with van der Waals surface area (Å²) in [7, 11) is -0.415. The topological polar surface area (TPSA) is 88.2 Å². The lowest BCUT2D eigenvalue weighted by molar-refractivity contribution is 0.0953. The first-order valence-electron chi connectivity index (χ1n) is 10.3. The van der Waals surface area contributed by atoms with Crippen LogP contribution in [0.4, 0.5) is 10.1 Å². The van der Waals surface area contributed by atoms with E-state index < -0.39 is 10.0 Å². The highest BCUT2D eigenvalue weighted by Gasteiger charge is 2.26. The Balaban J connectivity index is 1.44. The van der Waals surface area contributed by atoms with Gasteiger partial charge in [-0.2, -0.15) is 4.31 Å². The van der Waals surface area contributed by atoms with Crippen LogP contribution in [0.15, 0.2) is 42.5 Å². The number of hydrogen-bond acceptors (Lipinski definition) is 6. The van der Waals surface area contributed by atoms with Crippen molar-refractivity contribution in [3.8, 4) is 11.5 Å². The number of halogens is 1. The van der Waals surface area contributed by atoms with E-state index in [1.54, 1.807) is 30.3 Å². The van der Waals surface area contributed by atoms with Gasteiger partial charge in [0.25, 0.3) is 5.91 Å². The van der Waals surface area contributed by atoms with E-state index in [9.17, 15) is 17.6 Å². The van der Waals surface area contributed by atoms with Crippen molar-refractivity contribution < 1.29 is 27.1 Å². The molecule has 0 atom stereocenters. The maximum atomic E-state index is 13.1. The van der Waals surface area contributed by atoms with Crippen LogP contribution in [0.25, 0.3) is 0 Å². The Morgan fingerprint density at radius 2 is 1.66 bits per heavy atom. The van der Waals surface area contributed by atoms with Crippen LogP contribution in [0.1, 0.15) is 16.8 Å². The third-order valence-electron chi connectivity index (χ3n) is 5.33. The van der Waals surface area contributed by atoms with Crippen molar-refractivity contribution in [1.82, 2.24) is 9.62 Å². The minimum atomic E-state index is -3.42. The van der Waals surface area contributed by atoms with Gasteiger partial charge in [-0.1, -0.05) is 0 Å². The molecule has 1 aliphatic rings. The first-order chi connectivity index (χ1) is 15.3. The third-order valence-corrected chi connectivity index (χ3v) is 7.29. The molecule has 1 amide bonds. The number of amides is 1. The maximum Gasteiger partial charge on any atom is 0.251 e. The molecular weight excluding hydrogens is 437 g/mol. The molecule has 2 aromatic rings. The van der Waals surface area contributed by atoms with Gasteiger partial charge in [0.2, 0.25) is 10.0 Å². The Morgan fingerprint density at radius 3 is 2.28 bits per heavy atom. The predicted molar refractivity (Wildman–Crippen MR) is 120 cm³/mol. The molecule has 0 unspecified atom stereocenters. The van der Waals surface area contributed by atoms with E-state index in [1.165, 1.54) is 30.7 Å². The summed E-state index contributed by atoms with van der Waals surface area (Å²) < 4.78 is 50.2. The smallest absolute Gasteiger partial charge is 0.251 e. The van der Waals surface area contributed by atoms with E-state index in [4.69, 9.17) is 9.47 Å². The van der Waals surface area contributed by atoms with E-state index in [-0.39, 0.29) is 24.0 Å². The third kappa shape index (κ3) is 5.89. The number of carbonyl (C=O) groups is 1. The van der Waals surface area contributed by atoms with E-state index in [1.807, 2.05) is 4.90 Å². The van der Waals surface area contributed by atoms with Gasteiger partial charge in [0.1, 0.15) is 5.82 Å². The lowest BCUT2D eigenvalue weighted by Gasteiger charge is -2.35. The van der Waals surface area contributed by atoms with Gasteiger partial charge in [-0.05, 0) is 48.9 Å². The minimum absolute atomic E-state index is 0.0459. The Bertz CT molecular complexity index is 1020. The molecule has 32 heavy (non-hydrogen) atoms. The normalized spacial score (nSPS) is 14.8. The number of sulfonamides is 1. The van der Waals surface area contributed by atoms with Crippen molar-refractivity contribution >= 4 is 21.6 Å². The average Bonchev–Trinajstić information content (AvgIpc) is 2.81. The summed E-state index contributed by atoms with van der Waals surface area (Å²) in [6, 6.07) is 11.0.